The van der Waals surface area contributed by atoms with Gasteiger partial charge in [-0.25, -0.2) is 5.48 Å². The number of fused-ring (bicyclic) bond motifs is 1. The van der Waals surface area contributed by atoms with Gasteiger partial charge in [0.05, 0.1) is 13.7 Å². The molecule has 1 aliphatic rings. The summed E-state index contributed by atoms with van der Waals surface area (Å²) in [5.74, 6) is 0.956. The standard InChI is InChI=1S/C23H28N2O5/c1-29-19-3-2-4-20(16-19)30-14-12-25(11-13-26)22-9-7-18-15-17(5-8-21(18)22)6-10-23(27)24-28/h2-6,8,10,15-16,22,26,28H,7,9,11-14H2,1H3,(H,24,27). The van der Waals surface area contributed by atoms with E-state index in [0.29, 0.717) is 19.7 Å². The van der Waals surface area contributed by atoms with Crippen LogP contribution in [0.15, 0.2) is 48.5 Å². The molecule has 3 rings (SSSR count). The molecule has 30 heavy (non-hydrogen) atoms. The molecule has 0 spiro atoms. The topological polar surface area (TPSA) is 91.3 Å². The molecular formula is C23H28N2O5. The maximum absolute atomic E-state index is 11.2. The van der Waals surface area contributed by atoms with Crippen LogP contribution in [0.4, 0.5) is 0 Å². The molecule has 1 unspecified atom stereocenters. The zero-order valence-corrected chi connectivity index (χ0v) is 17.1. The summed E-state index contributed by atoms with van der Waals surface area (Å²) in [5, 5.41) is 18.1. The van der Waals surface area contributed by atoms with Gasteiger partial charge < -0.3 is 14.6 Å². The van der Waals surface area contributed by atoms with Gasteiger partial charge in [0.15, 0.2) is 0 Å². The van der Waals surface area contributed by atoms with Crippen LogP contribution in [0.3, 0.4) is 0 Å². The second kappa shape index (κ2) is 10.8. The summed E-state index contributed by atoms with van der Waals surface area (Å²) in [6.45, 7) is 1.86. The Bertz CT molecular complexity index is 884. The van der Waals surface area contributed by atoms with Crippen LogP contribution in [0.5, 0.6) is 11.5 Å². The summed E-state index contributed by atoms with van der Waals surface area (Å²) < 4.78 is 11.1. The monoisotopic (exact) mass is 412 g/mol. The van der Waals surface area contributed by atoms with Gasteiger partial charge in [0.25, 0.3) is 5.91 Å². The van der Waals surface area contributed by atoms with Gasteiger partial charge in [-0.1, -0.05) is 24.3 Å². The van der Waals surface area contributed by atoms with Crippen LogP contribution in [-0.2, 0) is 11.2 Å². The normalized spacial score (nSPS) is 15.4. The average molecular weight is 412 g/mol. The Labute approximate surface area is 176 Å². The number of nitrogens with zero attached hydrogens (tertiary/aromatic N) is 1. The van der Waals surface area contributed by atoms with Crippen molar-refractivity contribution in [3.63, 3.8) is 0 Å². The van der Waals surface area contributed by atoms with Gasteiger partial charge in [-0.15, -0.1) is 0 Å². The maximum Gasteiger partial charge on any atom is 0.267 e. The number of aliphatic hydroxyl groups excluding tert-OH is 1. The van der Waals surface area contributed by atoms with Crippen molar-refractivity contribution in [1.29, 1.82) is 0 Å². The minimum Gasteiger partial charge on any atom is -0.497 e. The number of benzene rings is 2. The summed E-state index contributed by atoms with van der Waals surface area (Å²) in [7, 11) is 1.63. The average Bonchev–Trinajstić information content (AvgIpc) is 3.20. The van der Waals surface area contributed by atoms with E-state index in [0.717, 1.165) is 29.9 Å². The molecule has 7 nitrogen and oxygen atoms in total. The Morgan fingerprint density at radius 2 is 2.07 bits per heavy atom. The van der Waals surface area contributed by atoms with Crippen molar-refractivity contribution in [3.05, 3.63) is 65.2 Å². The summed E-state index contributed by atoms with van der Waals surface area (Å²) in [6, 6.07) is 13.9. The third kappa shape index (κ3) is 5.60. The smallest absolute Gasteiger partial charge is 0.267 e. The van der Waals surface area contributed by atoms with E-state index in [9.17, 15) is 9.90 Å². The van der Waals surface area contributed by atoms with Gasteiger partial charge in [0.1, 0.15) is 18.1 Å². The molecule has 0 aromatic heterocycles. The highest BCUT2D eigenvalue weighted by Gasteiger charge is 2.27. The number of hydrogen-bond acceptors (Lipinski definition) is 6. The first kappa shape index (κ1) is 21.8. The van der Waals surface area contributed by atoms with E-state index < -0.39 is 5.91 Å². The molecule has 0 bridgehead atoms. The molecule has 3 N–H and O–H groups in total. The lowest BCUT2D eigenvalue weighted by atomic mass is 10.0. The van der Waals surface area contributed by atoms with Crippen LogP contribution in [0.2, 0.25) is 0 Å². The molecule has 0 saturated carbocycles. The first-order valence-corrected chi connectivity index (χ1v) is 10.0. The highest BCUT2D eigenvalue weighted by molar-refractivity contribution is 5.90. The van der Waals surface area contributed by atoms with Crippen LogP contribution >= 0.6 is 0 Å². The van der Waals surface area contributed by atoms with Crippen molar-refractivity contribution in [3.8, 4) is 11.5 Å². The Balaban J connectivity index is 1.64. The molecule has 0 radical (unpaired) electrons. The van der Waals surface area contributed by atoms with E-state index in [1.807, 2.05) is 30.3 Å². The quantitative estimate of drug-likeness (QED) is 0.316. The first-order chi connectivity index (χ1) is 14.6. The number of hydrogen-bond donors (Lipinski definition) is 3. The molecule has 1 amide bonds. The minimum atomic E-state index is -0.557. The number of ether oxygens (including phenoxy) is 2. The van der Waals surface area contributed by atoms with E-state index >= 15 is 0 Å². The number of methoxy groups -OCH3 is 1. The summed E-state index contributed by atoms with van der Waals surface area (Å²) in [4.78, 5) is 13.4. The van der Waals surface area contributed by atoms with E-state index in [4.69, 9.17) is 14.7 Å². The molecule has 0 saturated heterocycles. The number of carbonyl (C=O) groups is 1. The molecule has 0 aliphatic heterocycles. The van der Waals surface area contributed by atoms with E-state index in [1.165, 1.54) is 17.2 Å². The van der Waals surface area contributed by atoms with Gasteiger partial charge in [0.2, 0.25) is 0 Å². The molecule has 2 aromatic rings. The fourth-order valence-corrected chi connectivity index (χ4v) is 3.83. The predicted octanol–water partition coefficient (Wildman–Crippen LogP) is 2.57. The number of carbonyl (C=O) groups excluding carboxylic acids is 1. The van der Waals surface area contributed by atoms with Crippen LogP contribution in [0.25, 0.3) is 6.08 Å². The summed E-state index contributed by atoms with van der Waals surface area (Å²) in [5.41, 5.74) is 4.98. The highest BCUT2D eigenvalue weighted by Crippen LogP contribution is 2.36. The molecular weight excluding hydrogens is 384 g/mol. The van der Waals surface area contributed by atoms with Gasteiger partial charge in [-0.3, -0.25) is 14.9 Å². The molecule has 0 fully saturated rings. The van der Waals surface area contributed by atoms with E-state index in [1.54, 1.807) is 18.7 Å². The second-order valence-electron chi connectivity index (χ2n) is 7.11. The minimum absolute atomic E-state index is 0.0854. The van der Waals surface area contributed by atoms with Crippen molar-refractivity contribution in [1.82, 2.24) is 10.4 Å². The van der Waals surface area contributed by atoms with E-state index in [-0.39, 0.29) is 12.6 Å². The molecule has 0 heterocycles. The number of amides is 1. The highest BCUT2D eigenvalue weighted by atomic mass is 16.5. The Morgan fingerprint density at radius 1 is 1.23 bits per heavy atom. The van der Waals surface area contributed by atoms with Crippen LogP contribution in [0, 0.1) is 0 Å². The number of nitrogens with one attached hydrogen (secondary N) is 1. The largest absolute Gasteiger partial charge is 0.497 e. The number of aryl methyl sites for hydroxylation is 1. The lowest BCUT2D eigenvalue weighted by Crippen LogP contribution is -2.34. The van der Waals surface area contributed by atoms with Crippen LogP contribution < -0.4 is 15.0 Å². The zero-order valence-electron chi connectivity index (χ0n) is 17.1. The van der Waals surface area contributed by atoms with Crippen LogP contribution in [-0.4, -0.2) is 54.5 Å². The first-order valence-electron chi connectivity index (χ1n) is 10.0. The zero-order chi connectivity index (χ0) is 21.3. The Kier molecular flexibility index (Phi) is 7.84. The SMILES string of the molecule is COc1cccc(OCCN(CCO)C2CCc3cc(C=CC(=O)NO)ccc32)c1. The molecule has 7 heteroatoms. The number of rotatable bonds is 10. The van der Waals surface area contributed by atoms with Gasteiger partial charge in [-0.2, -0.15) is 0 Å². The summed E-state index contributed by atoms with van der Waals surface area (Å²) in [6.07, 6.45) is 4.88. The van der Waals surface area contributed by atoms with Crippen molar-refractivity contribution >= 4 is 12.0 Å². The third-order valence-corrected chi connectivity index (χ3v) is 5.27. The van der Waals surface area contributed by atoms with Gasteiger partial charge in [0, 0.05) is 31.3 Å². The molecule has 1 atom stereocenters. The number of aliphatic hydroxyl groups is 1. The fraction of sp³-hybridized carbons (Fsp3) is 0.348. The van der Waals surface area contributed by atoms with Crippen molar-refractivity contribution < 1.29 is 24.6 Å². The molecule has 2 aromatic carbocycles. The van der Waals surface area contributed by atoms with E-state index in [2.05, 4.69) is 17.0 Å². The third-order valence-electron chi connectivity index (χ3n) is 5.27. The van der Waals surface area contributed by atoms with Crippen molar-refractivity contribution in [2.75, 3.05) is 33.4 Å². The maximum atomic E-state index is 11.2. The number of hydroxylamine groups is 1. The van der Waals surface area contributed by atoms with Crippen LogP contribution in [0.1, 0.15) is 29.2 Å². The Morgan fingerprint density at radius 3 is 2.83 bits per heavy atom. The molecule has 1 aliphatic carbocycles. The van der Waals surface area contributed by atoms with Gasteiger partial charge in [-0.05, 0) is 47.7 Å². The molecule has 160 valence electrons. The fourth-order valence-electron chi connectivity index (χ4n) is 3.83. The van der Waals surface area contributed by atoms with Gasteiger partial charge >= 0.3 is 0 Å². The van der Waals surface area contributed by atoms with Crippen molar-refractivity contribution in [2.24, 2.45) is 0 Å². The van der Waals surface area contributed by atoms with Crippen molar-refractivity contribution in [2.45, 2.75) is 18.9 Å². The lowest BCUT2D eigenvalue weighted by Gasteiger charge is -2.29. The Hall–Kier alpha value is -2.87. The lowest BCUT2D eigenvalue weighted by molar-refractivity contribution is -0.124. The second-order valence-corrected chi connectivity index (χ2v) is 7.11. The summed E-state index contributed by atoms with van der Waals surface area (Å²) >= 11 is 0. The predicted molar refractivity (Wildman–Crippen MR) is 114 cm³/mol.